The molecular weight excluding hydrogens is 286 g/mol. The zero-order valence-corrected chi connectivity index (χ0v) is 13.2. The highest BCUT2D eigenvalue weighted by atomic mass is 35.5. The number of aromatic nitrogens is 3. The molecule has 0 aromatic carbocycles. The molecule has 1 unspecified atom stereocenters. The molecule has 0 aliphatic heterocycles. The van der Waals surface area contributed by atoms with E-state index in [2.05, 4.69) is 27.5 Å². The molecule has 3 rings (SSSR count). The Kier molecular flexibility index (Phi) is 3.72. The second-order valence-corrected chi connectivity index (χ2v) is 5.62. The maximum atomic E-state index is 5.93. The van der Waals surface area contributed by atoms with E-state index in [1.807, 2.05) is 19.9 Å². The van der Waals surface area contributed by atoms with Crippen molar-refractivity contribution in [3.05, 3.63) is 47.4 Å². The number of pyridine rings is 1. The lowest BCUT2D eigenvalue weighted by atomic mass is 10.1. The van der Waals surface area contributed by atoms with Crippen LogP contribution < -0.4 is 0 Å². The fraction of sp³-hybridized carbons (Fsp3) is 0.375. The Morgan fingerprint density at radius 2 is 2.19 bits per heavy atom. The summed E-state index contributed by atoms with van der Waals surface area (Å²) in [5, 5.41) is 0. The summed E-state index contributed by atoms with van der Waals surface area (Å²) in [5.41, 5.74) is 3.16. The molecule has 0 saturated carbocycles. The molecule has 3 heterocycles. The number of hydrogen-bond donors (Lipinski definition) is 0. The SMILES string of the molecule is Cc1cc(C(C)n2c(CCCl)nc3cnccc32)c(C)o1. The van der Waals surface area contributed by atoms with Crippen LogP contribution in [0, 0.1) is 13.8 Å². The third-order valence-electron chi connectivity index (χ3n) is 3.80. The van der Waals surface area contributed by atoms with Gasteiger partial charge in [0.25, 0.3) is 0 Å². The third-order valence-corrected chi connectivity index (χ3v) is 3.99. The van der Waals surface area contributed by atoms with Gasteiger partial charge in [-0.3, -0.25) is 4.98 Å². The summed E-state index contributed by atoms with van der Waals surface area (Å²) in [5.74, 6) is 3.41. The van der Waals surface area contributed by atoms with E-state index in [0.29, 0.717) is 5.88 Å². The Labute approximate surface area is 128 Å². The zero-order valence-electron chi connectivity index (χ0n) is 12.4. The lowest BCUT2D eigenvalue weighted by molar-refractivity contribution is 0.494. The van der Waals surface area contributed by atoms with Crippen molar-refractivity contribution >= 4 is 22.6 Å². The Morgan fingerprint density at radius 3 is 2.86 bits per heavy atom. The minimum atomic E-state index is 0.146. The molecule has 0 amide bonds. The highest BCUT2D eigenvalue weighted by Gasteiger charge is 2.20. The minimum Gasteiger partial charge on any atom is -0.466 e. The summed E-state index contributed by atoms with van der Waals surface area (Å²) in [6.07, 6.45) is 4.32. The Hall–Kier alpha value is -1.81. The topological polar surface area (TPSA) is 43.9 Å². The van der Waals surface area contributed by atoms with E-state index in [0.717, 1.165) is 34.8 Å². The van der Waals surface area contributed by atoms with Crippen LogP contribution in [0.2, 0.25) is 0 Å². The molecule has 0 aliphatic carbocycles. The first-order chi connectivity index (χ1) is 10.1. The maximum Gasteiger partial charge on any atom is 0.111 e. The zero-order chi connectivity index (χ0) is 15.0. The lowest BCUT2D eigenvalue weighted by Crippen LogP contribution is -2.11. The van der Waals surface area contributed by atoms with E-state index >= 15 is 0 Å². The van der Waals surface area contributed by atoms with Gasteiger partial charge in [-0.15, -0.1) is 11.6 Å². The van der Waals surface area contributed by atoms with Crippen molar-refractivity contribution in [3.8, 4) is 0 Å². The molecule has 0 radical (unpaired) electrons. The molecular formula is C16H18ClN3O. The van der Waals surface area contributed by atoms with Crippen LogP contribution in [0.1, 0.15) is 35.9 Å². The smallest absolute Gasteiger partial charge is 0.111 e. The van der Waals surface area contributed by atoms with Crippen LogP contribution in [-0.2, 0) is 6.42 Å². The molecule has 0 aliphatic rings. The fourth-order valence-corrected chi connectivity index (χ4v) is 3.07. The lowest BCUT2D eigenvalue weighted by Gasteiger charge is -2.17. The number of hydrogen-bond acceptors (Lipinski definition) is 3. The highest BCUT2D eigenvalue weighted by molar-refractivity contribution is 6.17. The molecule has 110 valence electrons. The fourth-order valence-electron chi connectivity index (χ4n) is 2.90. The summed E-state index contributed by atoms with van der Waals surface area (Å²) in [6.45, 7) is 6.14. The Balaban J connectivity index is 2.17. The number of rotatable bonds is 4. The minimum absolute atomic E-state index is 0.146. The number of furan rings is 1. The first kappa shape index (κ1) is 14.1. The van der Waals surface area contributed by atoms with E-state index in [4.69, 9.17) is 16.0 Å². The molecule has 4 nitrogen and oxygen atoms in total. The van der Waals surface area contributed by atoms with Crippen LogP contribution in [0.3, 0.4) is 0 Å². The van der Waals surface area contributed by atoms with Gasteiger partial charge in [0.05, 0.1) is 17.8 Å². The van der Waals surface area contributed by atoms with E-state index in [-0.39, 0.29) is 6.04 Å². The molecule has 3 aromatic heterocycles. The Morgan fingerprint density at radius 1 is 1.38 bits per heavy atom. The predicted molar refractivity (Wildman–Crippen MR) is 83.9 cm³/mol. The van der Waals surface area contributed by atoms with Crippen molar-refractivity contribution in [1.29, 1.82) is 0 Å². The van der Waals surface area contributed by atoms with Crippen LogP contribution in [0.4, 0.5) is 0 Å². The quantitative estimate of drug-likeness (QED) is 0.683. The van der Waals surface area contributed by atoms with Crippen molar-refractivity contribution in [2.75, 3.05) is 5.88 Å². The highest BCUT2D eigenvalue weighted by Crippen LogP contribution is 2.29. The molecule has 1 atom stereocenters. The van der Waals surface area contributed by atoms with Crippen molar-refractivity contribution in [2.45, 2.75) is 33.2 Å². The number of imidazole rings is 1. The number of aryl methyl sites for hydroxylation is 3. The van der Waals surface area contributed by atoms with Gasteiger partial charge in [-0.25, -0.2) is 4.98 Å². The molecule has 5 heteroatoms. The maximum absolute atomic E-state index is 5.93. The molecule has 3 aromatic rings. The van der Waals surface area contributed by atoms with Crippen LogP contribution in [0.25, 0.3) is 11.0 Å². The summed E-state index contributed by atoms with van der Waals surface area (Å²) >= 11 is 5.93. The molecule has 0 spiro atoms. The second-order valence-electron chi connectivity index (χ2n) is 5.25. The average molecular weight is 304 g/mol. The van der Waals surface area contributed by atoms with Crippen LogP contribution in [-0.4, -0.2) is 20.4 Å². The summed E-state index contributed by atoms with van der Waals surface area (Å²) in [7, 11) is 0. The van der Waals surface area contributed by atoms with Gasteiger partial charge in [0.15, 0.2) is 0 Å². The van der Waals surface area contributed by atoms with Crippen LogP contribution in [0.5, 0.6) is 0 Å². The molecule has 0 bridgehead atoms. The van der Waals surface area contributed by atoms with Crippen molar-refractivity contribution in [1.82, 2.24) is 14.5 Å². The van der Waals surface area contributed by atoms with Gasteiger partial charge in [-0.2, -0.15) is 0 Å². The summed E-state index contributed by atoms with van der Waals surface area (Å²) < 4.78 is 7.91. The van der Waals surface area contributed by atoms with Crippen molar-refractivity contribution in [3.63, 3.8) is 0 Å². The summed E-state index contributed by atoms with van der Waals surface area (Å²) in [4.78, 5) is 8.82. The van der Waals surface area contributed by atoms with E-state index in [1.165, 1.54) is 5.56 Å². The van der Waals surface area contributed by atoms with Crippen LogP contribution in [0.15, 0.2) is 28.9 Å². The molecule has 21 heavy (non-hydrogen) atoms. The van der Waals surface area contributed by atoms with Gasteiger partial charge < -0.3 is 8.98 Å². The predicted octanol–water partition coefficient (Wildman–Crippen LogP) is 4.03. The number of alkyl halides is 1. The standard InChI is InChI=1S/C16H18ClN3O/c1-10-8-13(12(3)21-10)11(2)20-15-5-7-18-9-14(15)19-16(20)4-6-17/h5,7-9,11H,4,6H2,1-3H3. The van der Waals surface area contributed by atoms with Gasteiger partial charge in [0.2, 0.25) is 0 Å². The average Bonchev–Trinajstić information content (AvgIpc) is 2.98. The second kappa shape index (κ2) is 5.53. The Bertz CT molecular complexity index is 775. The number of nitrogens with zero attached hydrogens (tertiary/aromatic N) is 3. The molecule has 0 N–H and O–H groups in total. The van der Waals surface area contributed by atoms with Gasteiger partial charge in [-0.05, 0) is 32.9 Å². The van der Waals surface area contributed by atoms with Crippen LogP contribution >= 0.6 is 11.6 Å². The molecule has 0 saturated heterocycles. The monoisotopic (exact) mass is 303 g/mol. The normalized spacial score (nSPS) is 13.0. The van der Waals surface area contributed by atoms with E-state index in [1.54, 1.807) is 12.4 Å². The van der Waals surface area contributed by atoms with Gasteiger partial charge >= 0.3 is 0 Å². The van der Waals surface area contributed by atoms with Crippen molar-refractivity contribution < 1.29 is 4.42 Å². The first-order valence-corrected chi connectivity index (χ1v) is 7.59. The van der Waals surface area contributed by atoms with Crippen molar-refractivity contribution in [2.24, 2.45) is 0 Å². The van der Waals surface area contributed by atoms with Gasteiger partial charge in [0, 0.05) is 24.1 Å². The molecule has 0 fully saturated rings. The largest absolute Gasteiger partial charge is 0.466 e. The van der Waals surface area contributed by atoms with E-state index in [9.17, 15) is 0 Å². The number of halogens is 1. The summed E-state index contributed by atoms with van der Waals surface area (Å²) in [6, 6.07) is 4.24. The van der Waals surface area contributed by atoms with Gasteiger partial charge in [0.1, 0.15) is 22.9 Å². The number of fused-ring (bicyclic) bond motifs is 1. The van der Waals surface area contributed by atoms with E-state index < -0.39 is 0 Å². The van der Waals surface area contributed by atoms with Gasteiger partial charge in [-0.1, -0.05) is 0 Å². The third kappa shape index (κ3) is 2.44. The first-order valence-electron chi connectivity index (χ1n) is 7.05.